The largest absolute Gasteiger partial charge is 0.483 e. The van der Waals surface area contributed by atoms with Crippen molar-refractivity contribution in [2.24, 2.45) is 5.41 Å². The molecule has 0 aliphatic heterocycles. The van der Waals surface area contributed by atoms with E-state index in [0.717, 1.165) is 12.1 Å². The van der Waals surface area contributed by atoms with Crippen molar-refractivity contribution in [2.75, 3.05) is 13.2 Å². The smallest absolute Gasteiger partial charge is 0.419 e. The predicted molar refractivity (Wildman–Crippen MR) is 89.3 cm³/mol. The fourth-order valence-electron chi connectivity index (χ4n) is 3.28. The van der Waals surface area contributed by atoms with E-state index in [9.17, 15) is 27.9 Å². The number of hydrogen-bond acceptors (Lipinski definition) is 4. The van der Waals surface area contributed by atoms with Crippen LogP contribution < -0.4 is 10.1 Å². The maximum absolute atomic E-state index is 13.0. The molecule has 0 radical (unpaired) electrons. The van der Waals surface area contributed by atoms with Crippen molar-refractivity contribution < 1.29 is 37.3 Å². The van der Waals surface area contributed by atoms with Gasteiger partial charge in [0.25, 0.3) is 5.91 Å². The van der Waals surface area contributed by atoms with Crippen molar-refractivity contribution in [1.29, 1.82) is 0 Å². The van der Waals surface area contributed by atoms with Crippen LogP contribution in [0.4, 0.5) is 13.2 Å². The van der Waals surface area contributed by atoms with Crippen LogP contribution in [0.3, 0.4) is 0 Å². The van der Waals surface area contributed by atoms with Gasteiger partial charge in [-0.15, -0.1) is 0 Å². The molecule has 6 nitrogen and oxygen atoms in total. The number of rotatable bonds is 7. The SMILES string of the molecule is CCOC1CC(NC(=O)COc2ccccc2C(F)(F)F)(C(=O)O)C1(C)C. The fourth-order valence-corrected chi connectivity index (χ4v) is 3.28. The second kappa shape index (κ2) is 7.38. The molecule has 2 N–H and O–H groups in total. The number of benzene rings is 1. The average molecular weight is 389 g/mol. The van der Waals surface area contributed by atoms with Gasteiger partial charge >= 0.3 is 12.1 Å². The molecule has 0 saturated heterocycles. The predicted octanol–water partition coefficient (Wildman–Crippen LogP) is 2.86. The summed E-state index contributed by atoms with van der Waals surface area (Å²) in [4.78, 5) is 24.0. The van der Waals surface area contributed by atoms with E-state index in [1.807, 2.05) is 0 Å². The number of amides is 1. The first-order valence-electron chi connectivity index (χ1n) is 8.40. The van der Waals surface area contributed by atoms with Gasteiger partial charge in [0.15, 0.2) is 6.61 Å². The fraction of sp³-hybridized carbons (Fsp3) is 0.556. The van der Waals surface area contributed by atoms with Crippen LogP contribution in [0.5, 0.6) is 5.75 Å². The van der Waals surface area contributed by atoms with Crippen LogP contribution in [0.25, 0.3) is 0 Å². The monoisotopic (exact) mass is 389 g/mol. The number of hydrogen-bond donors (Lipinski definition) is 2. The molecule has 1 fully saturated rings. The van der Waals surface area contributed by atoms with Crippen LogP contribution >= 0.6 is 0 Å². The van der Waals surface area contributed by atoms with Crippen molar-refractivity contribution in [3.8, 4) is 5.75 Å². The number of ether oxygens (including phenoxy) is 2. The zero-order valence-electron chi connectivity index (χ0n) is 15.2. The third-order valence-corrected chi connectivity index (χ3v) is 5.03. The van der Waals surface area contributed by atoms with Gasteiger partial charge in [-0.3, -0.25) is 4.79 Å². The van der Waals surface area contributed by atoms with E-state index in [1.54, 1.807) is 20.8 Å². The van der Waals surface area contributed by atoms with Gasteiger partial charge in [-0.1, -0.05) is 26.0 Å². The van der Waals surface area contributed by atoms with Gasteiger partial charge in [-0.05, 0) is 19.1 Å². The summed E-state index contributed by atoms with van der Waals surface area (Å²) in [5.41, 5.74) is -3.48. The van der Waals surface area contributed by atoms with Crippen LogP contribution in [0.15, 0.2) is 24.3 Å². The van der Waals surface area contributed by atoms with E-state index in [1.165, 1.54) is 12.1 Å². The van der Waals surface area contributed by atoms with Crippen LogP contribution in [-0.2, 0) is 20.5 Å². The Morgan fingerprint density at radius 2 is 1.93 bits per heavy atom. The number of para-hydroxylation sites is 1. The number of carboxylic acids is 1. The minimum absolute atomic E-state index is 0.0635. The van der Waals surface area contributed by atoms with E-state index < -0.39 is 46.9 Å². The first-order valence-corrected chi connectivity index (χ1v) is 8.40. The number of alkyl halides is 3. The molecule has 1 aromatic rings. The normalized spacial score (nSPS) is 24.0. The van der Waals surface area contributed by atoms with E-state index >= 15 is 0 Å². The lowest BCUT2D eigenvalue weighted by Gasteiger charge is -2.58. The molecule has 2 atom stereocenters. The molecule has 0 spiro atoms. The number of carbonyl (C=O) groups excluding carboxylic acids is 1. The van der Waals surface area contributed by atoms with Gasteiger partial charge in [-0.2, -0.15) is 13.2 Å². The minimum atomic E-state index is -4.63. The molecule has 1 aliphatic rings. The highest BCUT2D eigenvalue weighted by Gasteiger charge is 2.66. The van der Waals surface area contributed by atoms with Crippen LogP contribution in [0.1, 0.15) is 32.8 Å². The Morgan fingerprint density at radius 3 is 2.44 bits per heavy atom. The van der Waals surface area contributed by atoms with E-state index in [-0.39, 0.29) is 12.5 Å². The number of aliphatic carboxylic acids is 1. The topological polar surface area (TPSA) is 84.9 Å². The van der Waals surface area contributed by atoms with Crippen molar-refractivity contribution in [1.82, 2.24) is 5.32 Å². The summed E-state index contributed by atoms with van der Waals surface area (Å²) in [5, 5.41) is 12.0. The molecule has 0 aromatic heterocycles. The summed E-state index contributed by atoms with van der Waals surface area (Å²) in [6.45, 7) is 4.75. The summed E-state index contributed by atoms with van der Waals surface area (Å²) in [6.07, 6.45) is -4.92. The van der Waals surface area contributed by atoms with E-state index in [4.69, 9.17) is 9.47 Å². The third-order valence-electron chi connectivity index (χ3n) is 5.03. The van der Waals surface area contributed by atoms with Crippen molar-refractivity contribution in [3.63, 3.8) is 0 Å². The highest BCUT2D eigenvalue weighted by Crippen LogP contribution is 2.51. The molecule has 27 heavy (non-hydrogen) atoms. The molecule has 150 valence electrons. The van der Waals surface area contributed by atoms with Crippen molar-refractivity contribution in [3.05, 3.63) is 29.8 Å². The Morgan fingerprint density at radius 1 is 1.30 bits per heavy atom. The molecule has 9 heteroatoms. The molecular formula is C18H22F3NO5. The minimum Gasteiger partial charge on any atom is -0.483 e. The van der Waals surface area contributed by atoms with Gasteiger partial charge in [0.2, 0.25) is 0 Å². The van der Waals surface area contributed by atoms with Gasteiger partial charge in [0.05, 0.1) is 11.7 Å². The maximum atomic E-state index is 13.0. The van der Waals surface area contributed by atoms with Crippen LogP contribution in [-0.4, -0.2) is 41.8 Å². The number of carboxylic acid groups (broad SMARTS) is 1. The number of halogens is 3. The molecule has 1 saturated carbocycles. The van der Waals surface area contributed by atoms with Crippen LogP contribution in [0.2, 0.25) is 0 Å². The van der Waals surface area contributed by atoms with Gasteiger partial charge in [0, 0.05) is 18.4 Å². The van der Waals surface area contributed by atoms with Gasteiger partial charge < -0.3 is 19.9 Å². The highest BCUT2D eigenvalue weighted by atomic mass is 19.4. The zero-order chi connectivity index (χ0) is 20.5. The second-order valence-corrected chi connectivity index (χ2v) is 6.91. The van der Waals surface area contributed by atoms with Crippen molar-refractivity contribution >= 4 is 11.9 Å². The molecule has 0 bridgehead atoms. The maximum Gasteiger partial charge on any atom is 0.419 e. The van der Waals surface area contributed by atoms with Crippen LogP contribution in [0, 0.1) is 5.41 Å². The Kier molecular flexibility index (Phi) is 5.74. The Labute approximate surface area is 154 Å². The molecule has 1 amide bonds. The summed E-state index contributed by atoms with van der Waals surface area (Å²) in [7, 11) is 0. The lowest BCUT2D eigenvalue weighted by molar-refractivity contribution is -0.194. The first-order chi connectivity index (χ1) is 12.5. The lowest BCUT2D eigenvalue weighted by Crippen LogP contribution is -2.76. The molecule has 0 heterocycles. The lowest BCUT2D eigenvalue weighted by atomic mass is 9.54. The standard InChI is InChI=1S/C18H22F3NO5/c1-4-26-13-9-17(15(24)25,16(13,2)3)22-14(23)10-27-12-8-6-5-7-11(12)18(19,20)21/h5-8,13H,4,9-10H2,1-3H3,(H,22,23)(H,24,25). The zero-order valence-corrected chi connectivity index (χ0v) is 15.2. The Hall–Kier alpha value is -2.29. The van der Waals surface area contributed by atoms with E-state index in [2.05, 4.69) is 5.32 Å². The summed E-state index contributed by atoms with van der Waals surface area (Å²) in [6, 6.07) is 4.50. The molecule has 1 aromatic carbocycles. The molecular weight excluding hydrogens is 367 g/mol. The average Bonchev–Trinajstić information content (AvgIpc) is 2.58. The third kappa shape index (κ3) is 3.87. The number of nitrogens with one attached hydrogen (secondary N) is 1. The quantitative estimate of drug-likeness (QED) is 0.749. The van der Waals surface area contributed by atoms with Gasteiger partial charge in [-0.25, -0.2) is 4.79 Å². The Bertz CT molecular complexity index is 719. The number of carbonyl (C=O) groups is 2. The molecule has 2 rings (SSSR count). The second-order valence-electron chi connectivity index (χ2n) is 6.91. The Balaban J connectivity index is 2.08. The summed E-state index contributed by atoms with van der Waals surface area (Å²) < 4.78 is 49.4. The summed E-state index contributed by atoms with van der Waals surface area (Å²) in [5.74, 6) is -2.55. The highest BCUT2D eigenvalue weighted by molar-refractivity contribution is 5.90. The molecule has 1 aliphatic carbocycles. The van der Waals surface area contributed by atoms with Crippen molar-refractivity contribution in [2.45, 2.75) is 45.0 Å². The first kappa shape index (κ1) is 21.0. The van der Waals surface area contributed by atoms with Gasteiger partial charge in [0.1, 0.15) is 11.3 Å². The van der Waals surface area contributed by atoms with E-state index in [0.29, 0.717) is 6.61 Å². The molecule has 2 unspecified atom stereocenters. The summed E-state index contributed by atoms with van der Waals surface area (Å²) >= 11 is 0.